The number of likely N-dealkylation sites (tertiary alicyclic amines) is 2. The van der Waals surface area contributed by atoms with E-state index in [1.165, 1.54) is 57.3 Å². The Balaban J connectivity index is 1.15. The Morgan fingerprint density at radius 3 is 2.60 bits per heavy atom. The van der Waals surface area contributed by atoms with Gasteiger partial charge in [-0.2, -0.15) is 5.10 Å². The summed E-state index contributed by atoms with van der Waals surface area (Å²) in [6.07, 6.45) is 7.87. The Labute approximate surface area is 179 Å². The van der Waals surface area contributed by atoms with E-state index in [1.807, 2.05) is 24.4 Å². The van der Waals surface area contributed by atoms with Gasteiger partial charge < -0.3 is 9.80 Å². The first kappa shape index (κ1) is 20.0. The van der Waals surface area contributed by atoms with E-state index in [-0.39, 0.29) is 0 Å². The third kappa shape index (κ3) is 3.64. The summed E-state index contributed by atoms with van der Waals surface area (Å²) in [5.41, 5.74) is 5.72. The van der Waals surface area contributed by atoms with Crippen molar-refractivity contribution in [3.63, 3.8) is 0 Å². The molecule has 2 aromatic rings. The number of aromatic nitrogens is 3. The average Bonchev–Trinajstić information content (AvgIpc) is 3.06. The van der Waals surface area contributed by atoms with E-state index < -0.39 is 0 Å². The molecular formula is C24H35N5O. The molecule has 30 heavy (non-hydrogen) atoms. The lowest BCUT2D eigenvalue weighted by atomic mass is 9.90. The third-order valence-corrected chi connectivity index (χ3v) is 8.02. The zero-order valence-corrected chi connectivity index (χ0v) is 18.8. The smallest absolute Gasteiger partial charge is 0.222 e. The lowest BCUT2D eigenvalue weighted by Crippen LogP contribution is -2.40. The van der Waals surface area contributed by atoms with Crippen molar-refractivity contribution in [2.45, 2.75) is 65.7 Å². The molecule has 2 aliphatic heterocycles. The molecule has 2 aromatic heterocycles. The maximum atomic E-state index is 12.9. The second-order valence-corrected chi connectivity index (χ2v) is 9.97. The number of hydrogen-bond donors (Lipinski definition) is 0. The molecule has 6 nitrogen and oxygen atoms in total. The van der Waals surface area contributed by atoms with E-state index in [9.17, 15) is 4.79 Å². The summed E-state index contributed by atoms with van der Waals surface area (Å²) in [7, 11) is 0. The van der Waals surface area contributed by atoms with E-state index in [4.69, 9.17) is 4.98 Å². The second-order valence-electron chi connectivity index (χ2n) is 9.97. The van der Waals surface area contributed by atoms with Gasteiger partial charge in [-0.1, -0.05) is 0 Å². The van der Waals surface area contributed by atoms with Gasteiger partial charge in [0.05, 0.1) is 5.69 Å². The molecule has 1 saturated carbocycles. The fraction of sp³-hybridized carbons (Fsp3) is 0.708. The minimum atomic E-state index is 0.303. The number of rotatable bonds is 5. The summed E-state index contributed by atoms with van der Waals surface area (Å²) >= 11 is 0. The number of piperidine rings is 1. The van der Waals surface area contributed by atoms with Gasteiger partial charge in [0.2, 0.25) is 5.91 Å². The fourth-order valence-electron chi connectivity index (χ4n) is 5.97. The van der Waals surface area contributed by atoms with Crippen LogP contribution in [-0.4, -0.2) is 63.0 Å². The molecule has 1 aliphatic carbocycles. The van der Waals surface area contributed by atoms with Crippen LogP contribution in [0.3, 0.4) is 0 Å². The van der Waals surface area contributed by atoms with Crippen LogP contribution in [0.15, 0.2) is 6.07 Å². The van der Waals surface area contributed by atoms with Gasteiger partial charge in [0.15, 0.2) is 5.65 Å². The lowest BCUT2D eigenvalue weighted by Gasteiger charge is -2.33. The number of fused-ring (bicyclic) bond motifs is 1. The van der Waals surface area contributed by atoms with Crippen molar-refractivity contribution < 1.29 is 4.79 Å². The van der Waals surface area contributed by atoms with Gasteiger partial charge in [0.25, 0.3) is 0 Å². The summed E-state index contributed by atoms with van der Waals surface area (Å²) in [4.78, 5) is 22.4. The molecule has 3 fully saturated rings. The van der Waals surface area contributed by atoms with Crippen LogP contribution in [0, 0.1) is 32.1 Å². The molecule has 1 amide bonds. The van der Waals surface area contributed by atoms with Gasteiger partial charge in [-0.05, 0) is 89.3 Å². The Bertz CT molecular complexity index is 950. The number of hydrogen-bond acceptors (Lipinski definition) is 4. The average molecular weight is 410 g/mol. The van der Waals surface area contributed by atoms with E-state index in [1.54, 1.807) is 0 Å². The Kier molecular flexibility index (Phi) is 5.08. The molecule has 162 valence electrons. The van der Waals surface area contributed by atoms with Crippen LogP contribution in [-0.2, 0) is 11.2 Å². The highest BCUT2D eigenvalue weighted by atomic mass is 16.2. The van der Waals surface area contributed by atoms with Crippen molar-refractivity contribution in [2.75, 3.05) is 32.7 Å². The van der Waals surface area contributed by atoms with E-state index in [2.05, 4.69) is 21.8 Å². The zero-order chi connectivity index (χ0) is 20.9. The van der Waals surface area contributed by atoms with Crippen molar-refractivity contribution >= 4 is 11.6 Å². The number of carbonyl (C=O) groups excluding carboxylic acids is 1. The summed E-state index contributed by atoms with van der Waals surface area (Å²) in [6, 6.07) is 2.01. The molecular weight excluding hydrogens is 374 g/mol. The normalized spacial score (nSPS) is 23.6. The van der Waals surface area contributed by atoms with E-state index in [0.29, 0.717) is 17.7 Å². The molecule has 0 bridgehead atoms. The van der Waals surface area contributed by atoms with Crippen molar-refractivity contribution in [3.8, 4) is 0 Å². The first-order valence-corrected chi connectivity index (χ1v) is 11.8. The van der Waals surface area contributed by atoms with Crippen LogP contribution in [0.25, 0.3) is 5.65 Å². The fourth-order valence-corrected chi connectivity index (χ4v) is 5.97. The minimum absolute atomic E-state index is 0.303. The predicted molar refractivity (Wildman–Crippen MR) is 118 cm³/mol. The molecule has 1 atom stereocenters. The van der Waals surface area contributed by atoms with Crippen LogP contribution >= 0.6 is 0 Å². The molecule has 0 radical (unpaired) electrons. The van der Waals surface area contributed by atoms with Gasteiger partial charge in [0.1, 0.15) is 0 Å². The van der Waals surface area contributed by atoms with Gasteiger partial charge >= 0.3 is 0 Å². The monoisotopic (exact) mass is 409 g/mol. The Morgan fingerprint density at radius 2 is 1.87 bits per heavy atom. The largest absolute Gasteiger partial charge is 0.343 e. The Hall–Kier alpha value is -1.95. The van der Waals surface area contributed by atoms with Crippen molar-refractivity contribution in [1.82, 2.24) is 24.4 Å². The number of carbonyl (C=O) groups is 1. The lowest BCUT2D eigenvalue weighted by molar-refractivity contribution is -0.132. The molecule has 1 spiro atoms. The third-order valence-electron chi connectivity index (χ3n) is 8.02. The highest BCUT2D eigenvalue weighted by Gasteiger charge is 2.55. The molecule has 4 heterocycles. The minimum Gasteiger partial charge on any atom is -0.343 e. The first-order chi connectivity index (χ1) is 14.4. The zero-order valence-electron chi connectivity index (χ0n) is 18.8. The summed E-state index contributed by atoms with van der Waals surface area (Å²) in [5, 5.41) is 4.55. The van der Waals surface area contributed by atoms with E-state index >= 15 is 0 Å². The van der Waals surface area contributed by atoms with Crippen LogP contribution < -0.4 is 0 Å². The molecule has 2 saturated heterocycles. The van der Waals surface area contributed by atoms with Crippen molar-refractivity contribution in [2.24, 2.45) is 11.3 Å². The molecule has 1 unspecified atom stereocenters. The van der Waals surface area contributed by atoms with Gasteiger partial charge in [0, 0.05) is 43.5 Å². The van der Waals surface area contributed by atoms with E-state index in [0.717, 1.165) is 48.2 Å². The SMILES string of the molecule is Cc1cc2nc(C)c(CCC(=O)N3CCC4(CC3)CC4CN3CCCC3)c(C)n2n1. The van der Waals surface area contributed by atoms with Gasteiger partial charge in [-0.15, -0.1) is 0 Å². The first-order valence-electron chi connectivity index (χ1n) is 11.8. The summed E-state index contributed by atoms with van der Waals surface area (Å²) < 4.78 is 1.92. The molecule has 0 aromatic carbocycles. The number of amides is 1. The predicted octanol–water partition coefficient (Wildman–Crippen LogP) is 3.31. The van der Waals surface area contributed by atoms with Crippen LogP contribution in [0.5, 0.6) is 0 Å². The molecule has 6 heteroatoms. The molecule has 0 N–H and O–H groups in total. The van der Waals surface area contributed by atoms with Gasteiger partial charge in [-0.3, -0.25) is 4.79 Å². The molecule has 3 aliphatic rings. The summed E-state index contributed by atoms with van der Waals surface area (Å²) in [6.45, 7) is 11.9. The summed E-state index contributed by atoms with van der Waals surface area (Å²) in [5.74, 6) is 1.19. The number of nitrogens with zero attached hydrogens (tertiary/aromatic N) is 5. The van der Waals surface area contributed by atoms with Crippen LogP contribution in [0.1, 0.15) is 61.2 Å². The molecule has 5 rings (SSSR count). The second kappa shape index (κ2) is 7.63. The quantitative estimate of drug-likeness (QED) is 0.760. The standard InChI is InChI=1S/C24H35N5O/c1-17-14-22-25-18(2)21(19(3)29(22)26-17)6-7-23(30)28-12-8-24(9-13-28)15-20(24)16-27-10-4-5-11-27/h14,20H,4-13,15-16H2,1-3H3. The van der Waals surface area contributed by atoms with Crippen molar-refractivity contribution in [3.05, 3.63) is 28.7 Å². The maximum absolute atomic E-state index is 12.9. The topological polar surface area (TPSA) is 53.7 Å². The van der Waals surface area contributed by atoms with Crippen LogP contribution in [0.2, 0.25) is 0 Å². The highest BCUT2D eigenvalue weighted by Crippen LogP contribution is 2.59. The maximum Gasteiger partial charge on any atom is 0.222 e. The van der Waals surface area contributed by atoms with Gasteiger partial charge in [-0.25, -0.2) is 9.50 Å². The number of aryl methyl sites for hydroxylation is 3. The Morgan fingerprint density at radius 1 is 1.13 bits per heavy atom. The highest BCUT2D eigenvalue weighted by molar-refractivity contribution is 5.76. The van der Waals surface area contributed by atoms with Crippen molar-refractivity contribution in [1.29, 1.82) is 0 Å². The van der Waals surface area contributed by atoms with Crippen LogP contribution in [0.4, 0.5) is 0 Å².